The van der Waals surface area contributed by atoms with Gasteiger partial charge in [-0.1, -0.05) is 26.8 Å². The van der Waals surface area contributed by atoms with Crippen molar-refractivity contribution in [1.29, 1.82) is 0 Å². The summed E-state index contributed by atoms with van der Waals surface area (Å²) in [4.78, 5) is 29.0. The van der Waals surface area contributed by atoms with Gasteiger partial charge in [0.05, 0.1) is 22.9 Å². The number of hydrogen-bond acceptors (Lipinski definition) is 6. The molecule has 0 saturated carbocycles. The van der Waals surface area contributed by atoms with E-state index in [1.807, 2.05) is 30.0 Å². The van der Waals surface area contributed by atoms with E-state index in [2.05, 4.69) is 38.8 Å². The molecule has 2 aromatic carbocycles. The second-order valence-corrected chi connectivity index (χ2v) is 11.5. The zero-order valence-electron chi connectivity index (χ0n) is 24.7. The summed E-state index contributed by atoms with van der Waals surface area (Å²) in [6, 6.07) is 8.56. The highest BCUT2D eigenvalue weighted by Gasteiger charge is 2.36. The summed E-state index contributed by atoms with van der Waals surface area (Å²) < 4.78 is 14.2. The summed E-state index contributed by atoms with van der Waals surface area (Å²) in [5, 5.41) is 18.5. The Morgan fingerprint density at radius 3 is 2.60 bits per heavy atom. The third kappa shape index (κ3) is 5.29. The largest absolute Gasteiger partial charge is 0.505 e. The first-order chi connectivity index (χ1) is 20.4. The number of nitrogens with zero attached hydrogens (tertiary/aromatic N) is 5. The van der Waals surface area contributed by atoms with Gasteiger partial charge >= 0.3 is 0 Å². The van der Waals surface area contributed by atoms with Crippen molar-refractivity contribution < 1.29 is 14.3 Å². The SMILES string of the molecule is CCCN1CCN(C(=O)[C@@H]2Cc3nc(-c4n[nH]c5cc(-c6cc(F)c(O)cc6CC)ccc45)[nH]c3CN2CCC)CC1. The van der Waals surface area contributed by atoms with Crippen molar-refractivity contribution in [2.45, 2.75) is 59.0 Å². The van der Waals surface area contributed by atoms with E-state index < -0.39 is 5.82 Å². The van der Waals surface area contributed by atoms with Crippen LogP contribution >= 0.6 is 0 Å². The summed E-state index contributed by atoms with van der Waals surface area (Å²) in [7, 11) is 0. The summed E-state index contributed by atoms with van der Waals surface area (Å²) in [6.07, 6.45) is 3.36. The number of nitrogens with one attached hydrogen (secondary N) is 2. The molecule has 2 aliphatic rings. The molecule has 0 spiro atoms. The Hall–Kier alpha value is -3.76. The molecule has 9 nitrogen and oxygen atoms in total. The van der Waals surface area contributed by atoms with Crippen molar-refractivity contribution >= 4 is 16.8 Å². The molecule has 0 bridgehead atoms. The van der Waals surface area contributed by atoms with Crippen LogP contribution in [-0.4, -0.2) is 91.2 Å². The van der Waals surface area contributed by atoms with Crippen LogP contribution in [0.2, 0.25) is 0 Å². The summed E-state index contributed by atoms with van der Waals surface area (Å²) >= 11 is 0. The Morgan fingerprint density at radius 1 is 1.07 bits per heavy atom. The molecule has 1 amide bonds. The minimum Gasteiger partial charge on any atom is -0.505 e. The first-order valence-corrected chi connectivity index (χ1v) is 15.2. The van der Waals surface area contributed by atoms with E-state index in [1.165, 1.54) is 12.1 Å². The Labute approximate surface area is 245 Å². The van der Waals surface area contributed by atoms with Gasteiger partial charge in [-0.25, -0.2) is 9.37 Å². The number of carbonyl (C=O) groups excluding carboxylic acids is 1. The lowest BCUT2D eigenvalue weighted by molar-refractivity contribution is -0.139. The fourth-order valence-corrected chi connectivity index (χ4v) is 6.50. The number of fused-ring (bicyclic) bond motifs is 2. The first kappa shape index (κ1) is 28.4. The minimum absolute atomic E-state index is 0.205. The Morgan fingerprint density at radius 2 is 1.86 bits per heavy atom. The molecular weight excluding hydrogens is 533 g/mol. The highest BCUT2D eigenvalue weighted by molar-refractivity contribution is 5.94. The van der Waals surface area contributed by atoms with E-state index in [4.69, 9.17) is 4.98 Å². The van der Waals surface area contributed by atoms with Crippen LogP contribution in [-0.2, 0) is 24.2 Å². The molecule has 3 N–H and O–H groups in total. The molecule has 10 heteroatoms. The summed E-state index contributed by atoms with van der Waals surface area (Å²) in [5.74, 6) is -0.0778. The van der Waals surface area contributed by atoms with Gasteiger partial charge in [0.2, 0.25) is 5.91 Å². The highest BCUT2D eigenvalue weighted by Crippen LogP contribution is 2.34. The standard InChI is InChI=1S/C32H40FN7O2/c1-4-9-38-11-13-39(14-12-38)32(42)28-18-26-27(19-40(28)10-5-2)35-31(34-26)30-22-8-7-21(15-25(22)36-37-30)23-17-24(33)29(41)16-20(23)6-3/h7-8,15-17,28,41H,4-6,9-14,18-19H2,1-3H3,(H,34,35)(H,36,37)/t28-/m0/s1. The predicted molar refractivity (Wildman–Crippen MR) is 162 cm³/mol. The number of aromatic nitrogens is 4. The van der Waals surface area contributed by atoms with E-state index in [-0.39, 0.29) is 17.7 Å². The minimum atomic E-state index is -0.638. The molecule has 0 radical (unpaired) electrons. The summed E-state index contributed by atoms with van der Waals surface area (Å²) in [6.45, 7) is 12.4. The third-order valence-electron chi connectivity index (χ3n) is 8.72. The number of aromatic amines is 2. The average Bonchev–Trinajstić information content (AvgIpc) is 3.61. The number of amides is 1. The van der Waals surface area contributed by atoms with Crippen LogP contribution in [0.1, 0.15) is 50.6 Å². The number of phenols is 1. The third-order valence-corrected chi connectivity index (χ3v) is 8.72. The number of aromatic hydroxyl groups is 1. The van der Waals surface area contributed by atoms with Gasteiger partial charge in [-0.3, -0.25) is 19.7 Å². The number of rotatable bonds is 8. The van der Waals surface area contributed by atoms with E-state index in [0.717, 1.165) is 96.8 Å². The molecule has 1 atom stereocenters. The predicted octanol–water partition coefficient (Wildman–Crippen LogP) is 4.72. The van der Waals surface area contributed by atoms with Gasteiger partial charge in [-0.05, 0) is 73.3 Å². The van der Waals surface area contributed by atoms with Crippen molar-refractivity contribution in [2.75, 3.05) is 39.3 Å². The van der Waals surface area contributed by atoms with E-state index in [0.29, 0.717) is 25.2 Å². The van der Waals surface area contributed by atoms with Crippen molar-refractivity contribution in [3.8, 4) is 28.4 Å². The Kier molecular flexibility index (Phi) is 8.00. The normalized spacial score (nSPS) is 18.1. The zero-order valence-corrected chi connectivity index (χ0v) is 24.7. The smallest absolute Gasteiger partial charge is 0.240 e. The Bertz CT molecular complexity index is 1590. The maximum Gasteiger partial charge on any atom is 0.240 e. The molecule has 1 fully saturated rings. The molecule has 4 aromatic rings. The quantitative estimate of drug-likeness (QED) is 0.282. The second kappa shape index (κ2) is 11.9. The van der Waals surface area contributed by atoms with Gasteiger partial charge in [-0.15, -0.1) is 0 Å². The van der Waals surface area contributed by atoms with Crippen molar-refractivity contribution in [2.24, 2.45) is 0 Å². The fraction of sp³-hybridized carbons (Fsp3) is 0.469. The molecule has 2 aliphatic heterocycles. The topological polar surface area (TPSA) is 104 Å². The number of aryl methyl sites for hydroxylation is 1. The number of H-pyrrole nitrogens is 2. The molecule has 0 unspecified atom stereocenters. The van der Waals surface area contributed by atoms with Crippen molar-refractivity contribution in [3.05, 3.63) is 53.1 Å². The number of phenolic OH excluding ortho intramolecular Hbond substituents is 1. The van der Waals surface area contributed by atoms with Crippen LogP contribution in [0, 0.1) is 5.82 Å². The van der Waals surface area contributed by atoms with Crippen LogP contribution in [0.3, 0.4) is 0 Å². The number of piperazine rings is 1. The van der Waals surface area contributed by atoms with Gasteiger partial charge in [0.15, 0.2) is 17.4 Å². The maximum absolute atomic E-state index is 14.2. The summed E-state index contributed by atoms with van der Waals surface area (Å²) in [5.41, 5.74) is 5.97. The number of halogens is 1. The van der Waals surface area contributed by atoms with Crippen molar-refractivity contribution in [1.82, 2.24) is 34.9 Å². The van der Waals surface area contributed by atoms with Gasteiger partial charge < -0.3 is 15.0 Å². The molecule has 1 saturated heterocycles. The van der Waals surface area contributed by atoms with Crippen LogP contribution < -0.4 is 0 Å². The second-order valence-electron chi connectivity index (χ2n) is 11.5. The molecule has 4 heterocycles. The van der Waals surface area contributed by atoms with E-state index >= 15 is 0 Å². The van der Waals surface area contributed by atoms with Gasteiger partial charge in [0, 0.05) is 44.5 Å². The number of carbonyl (C=O) groups is 1. The molecule has 0 aliphatic carbocycles. The van der Waals surface area contributed by atoms with Crippen LogP contribution in [0.25, 0.3) is 33.5 Å². The molecule has 222 valence electrons. The average molecular weight is 574 g/mol. The highest BCUT2D eigenvalue weighted by atomic mass is 19.1. The Balaban J connectivity index is 1.25. The van der Waals surface area contributed by atoms with Crippen LogP contribution in [0.5, 0.6) is 5.75 Å². The van der Waals surface area contributed by atoms with Crippen LogP contribution in [0.4, 0.5) is 4.39 Å². The van der Waals surface area contributed by atoms with E-state index in [9.17, 15) is 14.3 Å². The lowest BCUT2D eigenvalue weighted by atomic mass is 9.96. The molecule has 2 aromatic heterocycles. The number of benzene rings is 2. The number of hydrogen-bond donors (Lipinski definition) is 3. The number of imidazole rings is 1. The molecular formula is C32H40FN7O2. The monoisotopic (exact) mass is 573 g/mol. The van der Waals surface area contributed by atoms with Crippen LogP contribution in [0.15, 0.2) is 30.3 Å². The van der Waals surface area contributed by atoms with E-state index in [1.54, 1.807) is 0 Å². The van der Waals surface area contributed by atoms with Gasteiger partial charge in [0.1, 0.15) is 5.69 Å². The van der Waals surface area contributed by atoms with Crippen molar-refractivity contribution in [3.63, 3.8) is 0 Å². The first-order valence-electron chi connectivity index (χ1n) is 15.2. The fourth-order valence-electron chi connectivity index (χ4n) is 6.50. The maximum atomic E-state index is 14.2. The molecule has 6 rings (SSSR count). The zero-order chi connectivity index (χ0) is 29.4. The lowest BCUT2D eigenvalue weighted by Crippen LogP contribution is -2.56. The van der Waals surface area contributed by atoms with Gasteiger partial charge in [-0.2, -0.15) is 5.10 Å². The van der Waals surface area contributed by atoms with Gasteiger partial charge in [0.25, 0.3) is 0 Å². The molecule has 42 heavy (non-hydrogen) atoms. The lowest BCUT2D eigenvalue weighted by Gasteiger charge is -2.40.